The van der Waals surface area contributed by atoms with E-state index in [1.54, 1.807) is 50.2 Å². The van der Waals surface area contributed by atoms with E-state index in [0.29, 0.717) is 27.1 Å². The molecule has 3 aromatic rings. The summed E-state index contributed by atoms with van der Waals surface area (Å²) in [6, 6.07) is 14.5. The van der Waals surface area contributed by atoms with E-state index >= 15 is 0 Å². The van der Waals surface area contributed by atoms with Crippen LogP contribution in [0.2, 0.25) is 10.0 Å². The summed E-state index contributed by atoms with van der Waals surface area (Å²) < 4.78 is 24.4. The number of amides is 2. The monoisotopic (exact) mass is 545 g/mol. The molecule has 0 bridgehead atoms. The maximum absolute atomic E-state index is 13.1. The summed E-state index contributed by atoms with van der Waals surface area (Å²) in [5.74, 6) is -0.687. The third-order valence-corrected chi connectivity index (χ3v) is 5.90. The number of rotatable bonds is 10. The van der Waals surface area contributed by atoms with Crippen LogP contribution in [-0.4, -0.2) is 31.2 Å². The zero-order valence-electron chi connectivity index (χ0n) is 20.4. The molecule has 0 aliphatic rings. The Morgan fingerprint density at radius 1 is 1.03 bits per heavy atom. The van der Waals surface area contributed by atoms with E-state index in [1.165, 1.54) is 37.6 Å². The molecule has 0 aromatic heterocycles. The zero-order valence-corrected chi connectivity index (χ0v) is 21.9. The number of carbonyl (C=O) groups is 2. The Kier molecular flexibility index (Phi) is 9.88. The SMILES string of the molecule is COc1cc(C=NNC(=O)C(NC(=O)c2ccc(F)cc2)C(C)C)ccc1OCc1ccc(Cl)cc1Cl. The van der Waals surface area contributed by atoms with Crippen LogP contribution in [0.15, 0.2) is 65.8 Å². The predicted octanol–water partition coefficient (Wildman–Crippen LogP) is 5.62. The summed E-state index contributed by atoms with van der Waals surface area (Å²) in [7, 11) is 1.51. The zero-order chi connectivity index (χ0) is 26.9. The highest BCUT2D eigenvalue weighted by atomic mass is 35.5. The number of ether oxygens (including phenoxy) is 2. The van der Waals surface area contributed by atoms with Crippen LogP contribution >= 0.6 is 23.2 Å². The largest absolute Gasteiger partial charge is 0.493 e. The number of hydrazone groups is 1. The molecule has 0 aliphatic carbocycles. The van der Waals surface area contributed by atoms with Crippen molar-refractivity contribution in [2.24, 2.45) is 11.0 Å². The Labute approximate surface area is 224 Å². The van der Waals surface area contributed by atoms with Gasteiger partial charge in [-0.1, -0.05) is 43.1 Å². The quantitative estimate of drug-likeness (QED) is 0.255. The number of hydrogen-bond donors (Lipinski definition) is 2. The summed E-state index contributed by atoms with van der Waals surface area (Å²) in [6.45, 7) is 3.80. The standard InChI is InChI=1S/C27H26Cl2FN3O4/c1-16(2)25(32-26(34)18-6-9-21(30)10-7-18)27(35)33-31-14-17-4-11-23(24(12-17)36-3)37-15-19-5-8-20(28)13-22(19)29/h4-14,16,25H,15H2,1-3H3,(H,32,34)(H,33,35). The summed E-state index contributed by atoms with van der Waals surface area (Å²) in [6.07, 6.45) is 1.44. The van der Waals surface area contributed by atoms with Crippen LogP contribution in [0.5, 0.6) is 11.5 Å². The fourth-order valence-corrected chi connectivity index (χ4v) is 3.74. The lowest BCUT2D eigenvalue weighted by molar-refractivity contribution is -0.123. The second-order valence-corrected chi connectivity index (χ2v) is 9.21. The van der Waals surface area contributed by atoms with Crippen LogP contribution in [0.3, 0.4) is 0 Å². The van der Waals surface area contributed by atoms with Crippen LogP contribution in [0.1, 0.15) is 35.3 Å². The lowest BCUT2D eigenvalue weighted by Gasteiger charge is -2.20. The Hall–Kier alpha value is -3.62. The molecular weight excluding hydrogens is 520 g/mol. The van der Waals surface area contributed by atoms with Gasteiger partial charge < -0.3 is 14.8 Å². The van der Waals surface area contributed by atoms with Crippen molar-refractivity contribution in [2.75, 3.05) is 7.11 Å². The second kappa shape index (κ2) is 13.1. The van der Waals surface area contributed by atoms with Gasteiger partial charge in [0.25, 0.3) is 11.8 Å². The third-order valence-electron chi connectivity index (χ3n) is 5.32. The Morgan fingerprint density at radius 3 is 2.41 bits per heavy atom. The van der Waals surface area contributed by atoms with E-state index in [-0.39, 0.29) is 18.1 Å². The van der Waals surface area contributed by atoms with Gasteiger partial charge in [-0.25, -0.2) is 9.82 Å². The highest BCUT2D eigenvalue weighted by Gasteiger charge is 2.24. The minimum atomic E-state index is -0.847. The molecule has 2 N–H and O–H groups in total. The van der Waals surface area contributed by atoms with E-state index in [1.807, 2.05) is 0 Å². The highest BCUT2D eigenvalue weighted by molar-refractivity contribution is 6.35. The molecule has 3 aromatic carbocycles. The number of hydrogen-bond acceptors (Lipinski definition) is 5. The van der Waals surface area contributed by atoms with Crippen molar-refractivity contribution in [3.05, 3.63) is 93.2 Å². The Bertz CT molecular complexity index is 1280. The summed E-state index contributed by atoms with van der Waals surface area (Å²) in [5, 5.41) is 7.70. The molecule has 0 spiro atoms. The van der Waals surface area contributed by atoms with Gasteiger partial charge in [-0.15, -0.1) is 0 Å². The molecule has 7 nitrogen and oxygen atoms in total. The van der Waals surface area contributed by atoms with E-state index in [9.17, 15) is 14.0 Å². The van der Waals surface area contributed by atoms with Gasteiger partial charge in [-0.2, -0.15) is 5.10 Å². The molecule has 0 fully saturated rings. The van der Waals surface area contributed by atoms with Gasteiger partial charge >= 0.3 is 0 Å². The van der Waals surface area contributed by atoms with Crippen molar-refractivity contribution in [1.82, 2.24) is 10.7 Å². The van der Waals surface area contributed by atoms with Gasteiger partial charge in [-0.05, 0) is 66.1 Å². The number of nitrogens with zero attached hydrogens (tertiary/aromatic N) is 1. The number of methoxy groups -OCH3 is 1. The van der Waals surface area contributed by atoms with Gasteiger partial charge in [0, 0.05) is 21.2 Å². The molecular formula is C27H26Cl2FN3O4. The van der Waals surface area contributed by atoms with Gasteiger partial charge in [0.05, 0.1) is 13.3 Å². The highest BCUT2D eigenvalue weighted by Crippen LogP contribution is 2.29. The summed E-state index contributed by atoms with van der Waals surface area (Å²) in [5.41, 5.74) is 4.11. The minimum absolute atomic E-state index is 0.217. The van der Waals surface area contributed by atoms with Crippen LogP contribution in [0, 0.1) is 11.7 Å². The average molecular weight is 546 g/mol. The van der Waals surface area contributed by atoms with Gasteiger partial charge in [0.1, 0.15) is 18.5 Å². The summed E-state index contributed by atoms with van der Waals surface area (Å²) in [4.78, 5) is 25.1. The predicted molar refractivity (Wildman–Crippen MR) is 142 cm³/mol. The first-order chi connectivity index (χ1) is 17.7. The molecule has 0 saturated carbocycles. The van der Waals surface area contributed by atoms with E-state index in [2.05, 4.69) is 15.8 Å². The topological polar surface area (TPSA) is 89.0 Å². The normalized spacial score (nSPS) is 11.9. The molecule has 0 saturated heterocycles. The second-order valence-electron chi connectivity index (χ2n) is 8.37. The number of halogens is 3. The van der Waals surface area contributed by atoms with Gasteiger partial charge in [0.15, 0.2) is 11.5 Å². The molecule has 1 atom stereocenters. The van der Waals surface area contributed by atoms with Crippen LogP contribution < -0.4 is 20.2 Å². The molecule has 1 unspecified atom stereocenters. The van der Waals surface area contributed by atoms with Crippen molar-refractivity contribution in [3.8, 4) is 11.5 Å². The van der Waals surface area contributed by atoms with E-state index in [4.69, 9.17) is 32.7 Å². The molecule has 37 heavy (non-hydrogen) atoms. The maximum atomic E-state index is 13.1. The fourth-order valence-electron chi connectivity index (χ4n) is 3.28. The Balaban J connectivity index is 1.61. The van der Waals surface area contributed by atoms with Crippen molar-refractivity contribution >= 4 is 41.2 Å². The first-order valence-corrected chi connectivity index (χ1v) is 12.1. The first-order valence-electron chi connectivity index (χ1n) is 11.3. The van der Waals surface area contributed by atoms with Crippen molar-refractivity contribution < 1.29 is 23.5 Å². The average Bonchev–Trinajstić information content (AvgIpc) is 2.87. The van der Waals surface area contributed by atoms with Crippen molar-refractivity contribution in [2.45, 2.75) is 26.5 Å². The molecule has 194 valence electrons. The Morgan fingerprint density at radius 2 is 1.76 bits per heavy atom. The lowest BCUT2D eigenvalue weighted by atomic mass is 10.0. The van der Waals surface area contributed by atoms with Crippen molar-refractivity contribution in [1.29, 1.82) is 0 Å². The fraction of sp³-hybridized carbons (Fsp3) is 0.222. The van der Waals surface area contributed by atoms with Gasteiger partial charge in [0.2, 0.25) is 0 Å². The van der Waals surface area contributed by atoms with Gasteiger partial charge in [-0.3, -0.25) is 9.59 Å². The summed E-state index contributed by atoms with van der Waals surface area (Å²) >= 11 is 12.1. The molecule has 2 amide bonds. The number of nitrogens with one attached hydrogen (secondary N) is 2. The van der Waals surface area contributed by atoms with Crippen LogP contribution in [-0.2, 0) is 11.4 Å². The van der Waals surface area contributed by atoms with E-state index in [0.717, 1.165) is 5.56 Å². The molecule has 0 radical (unpaired) electrons. The smallest absolute Gasteiger partial charge is 0.262 e. The third kappa shape index (κ3) is 7.93. The molecule has 10 heteroatoms. The van der Waals surface area contributed by atoms with Crippen molar-refractivity contribution in [3.63, 3.8) is 0 Å². The lowest BCUT2D eigenvalue weighted by Crippen LogP contribution is -2.48. The first kappa shape index (κ1) is 28.0. The van der Waals surface area contributed by atoms with Crippen LogP contribution in [0.4, 0.5) is 4.39 Å². The minimum Gasteiger partial charge on any atom is -0.493 e. The molecule has 0 heterocycles. The molecule has 3 rings (SSSR count). The van der Waals surface area contributed by atoms with Crippen LogP contribution in [0.25, 0.3) is 0 Å². The van der Waals surface area contributed by atoms with E-state index < -0.39 is 23.7 Å². The molecule has 0 aliphatic heterocycles. The number of benzene rings is 3. The maximum Gasteiger partial charge on any atom is 0.262 e. The number of carbonyl (C=O) groups excluding carboxylic acids is 2.